The maximum atomic E-state index is 12.5. The molecule has 25 heavy (non-hydrogen) atoms. The molecule has 6 nitrogen and oxygen atoms in total. The number of aliphatic hydroxyl groups excluding tert-OH is 1. The number of aromatic nitrogens is 1. The van der Waals surface area contributed by atoms with Crippen LogP contribution < -0.4 is 0 Å². The van der Waals surface area contributed by atoms with Crippen LogP contribution in [-0.2, 0) is 22.6 Å². The maximum absolute atomic E-state index is 12.5. The van der Waals surface area contributed by atoms with Gasteiger partial charge in [0.05, 0.1) is 19.1 Å². The predicted molar refractivity (Wildman–Crippen MR) is 92.4 cm³/mol. The number of rotatable bonds is 4. The number of carbonyl (C=O) groups is 2. The average molecular weight is 339 g/mol. The first-order chi connectivity index (χ1) is 12.1. The molecule has 3 rings (SSSR count). The van der Waals surface area contributed by atoms with Crippen LogP contribution in [0, 0.1) is 0 Å². The highest BCUT2D eigenvalue weighted by Gasteiger charge is 2.29. The van der Waals surface area contributed by atoms with Crippen LogP contribution in [0.2, 0.25) is 0 Å². The average Bonchev–Trinajstić information content (AvgIpc) is 2.75. The lowest BCUT2D eigenvalue weighted by Crippen LogP contribution is -2.40. The minimum atomic E-state index is -0.753. The molecule has 2 heterocycles. The van der Waals surface area contributed by atoms with Gasteiger partial charge in [-0.05, 0) is 23.3 Å². The Labute approximate surface area is 146 Å². The topological polar surface area (TPSA) is 73.7 Å². The van der Waals surface area contributed by atoms with E-state index in [2.05, 4.69) is 4.98 Å². The van der Waals surface area contributed by atoms with Gasteiger partial charge >= 0.3 is 0 Å². The Hall–Kier alpha value is -2.73. The van der Waals surface area contributed by atoms with Crippen LogP contribution in [-0.4, -0.2) is 57.4 Å². The third-order valence-corrected chi connectivity index (χ3v) is 4.21. The molecule has 1 atom stereocenters. The van der Waals surface area contributed by atoms with Crippen molar-refractivity contribution in [2.45, 2.75) is 19.1 Å². The summed E-state index contributed by atoms with van der Waals surface area (Å²) >= 11 is 0. The lowest BCUT2D eigenvalue weighted by molar-refractivity contribution is -0.138. The van der Waals surface area contributed by atoms with Gasteiger partial charge in [0, 0.05) is 32.0 Å². The molecule has 1 saturated heterocycles. The summed E-state index contributed by atoms with van der Waals surface area (Å²) in [4.78, 5) is 32.0. The van der Waals surface area contributed by atoms with Crippen molar-refractivity contribution in [1.82, 2.24) is 14.8 Å². The van der Waals surface area contributed by atoms with Gasteiger partial charge < -0.3 is 14.9 Å². The summed E-state index contributed by atoms with van der Waals surface area (Å²) < 4.78 is 0. The zero-order valence-electron chi connectivity index (χ0n) is 13.9. The van der Waals surface area contributed by atoms with Gasteiger partial charge in [0.25, 0.3) is 0 Å². The Morgan fingerprint density at radius 3 is 2.52 bits per heavy atom. The Bertz CT molecular complexity index is 721. The van der Waals surface area contributed by atoms with Gasteiger partial charge in [-0.1, -0.05) is 30.3 Å². The van der Waals surface area contributed by atoms with Gasteiger partial charge in [-0.3, -0.25) is 14.6 Å². The van der Waals surface area contributed by atoms with Gasteiger partial charge in [-0.15, -0.1) is 0 Å². The van der Waals surface area contributed by atoms with Crippen molar-refractivity contribution in [3.63, 3.8) is 0 Å². The lowest BCUT2D eigenvalue weighted by Gasteiger charge is -2.22. The van der Waals surface area contributed by atoms with Gasteiger partial charge in [0.2, 0.25) is 11.8 Å². The SMILES string of the molecule is O=C(Cc1ccncc1)N1CC(=O)N(Cc2ccccc2)CC(O)C1. The molecule has 0 bridgehead atoms. The van der Waals surface area contributed by atoms with Gasteiger partial charge in [0.15, 0.2) is 0 Å². The Morgan fingerprint density at radius 1 is 1.08 bits per heavy atom. The summed E-state index contributed by atoms with van der Waals surface area (Å²) in [5.41, 5.74) is 1.84. The highest BCUT2D eigenvalue weighted by atomic mass is 16.3. The van der Waals surface area contributed by atoms with Crippen LogP contribution in [0.1, 0.15) is 11.1 Å². The van der Waals surface area contributed by atoms with E-state index in [4.69, 9.17) is 0 Å². The number of hydrogen-bond acceptors (Lipinski definition) is 4. The van der Waals surface area contributed by atoms with Crippen LogP contribution >= 0.6 is 0 Å². The Kier molecular flexibility index (Phi) is 5.40. The number of β-amino-alcohol motifs (C(OH)–C–C–N with tert-alkyl or cyclic N) is 1. The van der Waals surface area contributed by atoms with Crippen molar-refractivity contribution in [2.24, 2.45) is 0 Å². The molecule has 1 aliphatic heterocycles. The molecule has 1 aromatic carbocycles. The third-order valence-electron chi connectivity index (χ3n) is 4.21. The summed E-state index contributed by atoms with van der Waals surface area (Å²) in [5, 5.41) is 10.2. The highest BCUT2D eigenvalue weighted by Crippen LogP contribution is 2.12. The second-order valence-corrected chi connectivity index (χ2v) is 6.22. The molecule has 6 heteroatoms. The largest absolute Gasteiger partial charge is 0.389 e. The van der Waals surface area contributed by atoms with Crippen molar-refractivity contribution in [3.05, 3.63) is 66.0 Å². The minimum absolute atomic E-state index is 0.00614. The number of carbonyl (C=O) groups excluding carboxylic acids is 2. The normalized spacial score (nSPS) is 18.1. The number of hydrogen-bond donors (Lipinski definition) is 1. The molecule has 0 radical (unpaired) electrons. The van der Waals surface area contributed by atoms with E-state index in [9.17, 15) is 14.7 Å². The first kappa shape index (κ1) is 17.1. The summed E-state index contributed by atoms with van der Waals surface area (Å²) in [6.07, 6.45) is 2.71. The van der Waals surface area contributed by atoms with Crippen molar-refractivity contribution < 1.29 is 14.7 Å². The molecular formula is C19H21N3O3. The van der Waals surface area contributed by atoms with Crippen molar-refractivity contribution in [3.8, 4) is 0 Å². The van der Waals surface area contributed by atoms with E-state index < -0.39 is 6.10 Å². The highest BCUT2D eigenvalue weighted by molar-refractivity contribution is 5.86. The molecular weight excluding hydrogens is 318 g/mol. The Balaban J connectivity index is 1.66. The molecule has 2 amide bonds. The summed E-state index contributed by atoms with van der Waals surface area (Å²) in [5.74, 6) is -0.316. The van der Waals surface area contributed by atoms with Gasteiger partial charge in [-0.2, -0.15) is 0 Å². The zero-order valence-corrected chi connectivity index (χ0v) is 13.9. The van der Waals surface area contributed by atoms with E-state index in [1.165, 1.54) is 4.90 Å². The Morgan fingerprint density at radius 2 is 1.80 bits per heavy atom. The van der Waals surface area contributed by atoms with E-state index in [0.29, 0.717) is 6.54 Å². The van der Waals surface area contributed by atoms with Crippen LogP contribution in [0.25, 0.3) is 0 Å². The van der Waals surface area contributed by atoms with Crippen molar-refractivity contribution in [1.29, 1.82) is 0 Å². The first-order valence-corrected chi connectivity index (χ1v) is 8.28. The van der Waals surface area contributed by atoms with E-state index in [1.54, 1.807) is 29.4 Å². The fourth-order valence-electron chi connectivity index (χ4n) is 2.93. The van der Waals surface area contributed by atoms with Crippen LogP contribution in [0.5, 0.6) is 0 Å². The van der Waals surface area contributed by atoms with E-state index in [0.717, 1.165) is 11.1 Å². The first-order valence-electron chi connectivity index (χ1n) is 8.28. The molecule has 0 saturated carbocycles. The van der Waals surface area contributed by atoms with Crippen molar-refractivity contribution in [2.75, 3.05) is 19.6 Å². The second kappa shape index (κ2) is 7.90. The number of pyridine rings is 1. The molecule has 0 spiro atoms. The second-order valence-electron chi connectivity index (χ2n) is 6.22. The minimum Gasteiger partial charge on any atom is -0.389 e. The fourth-order valence-corrected chi connectivity index (χ4v) is 2.93. The monoisotopic (exact) mass is 339 g/mol. The molecule has 130 valence electrons. The van der Waals surface area contributed by atoms with Crippen LogP contribution in [0.15, 0.2) is 54.9 Å². The summed E-state index contributed by atoms with van der Waals surface area (Å²) in [6.45, 7) is 0.824. The molecule has 1 unspecified atom stereocenters. The van der Waals surface area contributed by atoms with E-state index >= 15 is 0 Å². The van der Waals surface area contributed by atoms with Gasteiger partial charge in [-0.25, -0.2) is 0 Å². The predicted octanol–water partition coefficient (Wildman–Crippen LogP) is 0.856. The van der Waals surface area contributed by atoms with Crippen molar-refractivity contribution >= 4 is 11.8 Å². The van der Waals surface area contributed by atoms with E-state index in [-0.39, 0.29) is 37.9 Å². The van der Waals surface area contributed by atoms with Gasteiger partial charge in [0.1, 0.15) is 0 Å². The molecule has 0 aliphatic carbocycles. The number of aliphatic hydroxyl groups is 1. The van der Waals surface area contributed by atoms with E-state index in [1.807, 2.05) is 30.3 Å². The zero-order chi connectivity index (χ0) is 17.6. The van der Waals surface area contributed by atoms with Crippen LogP contribution in [0.3, 0.4) is 0 Å². The molecule has 1 N–H and O–H groups in total. The smallest absolute Gasteiger partial charge is 0.242 e. The number of nitrogens with zero attached hydrogens (tertiary/aromatic N) is 3. The van der Waals surface area contributed by atoms with Crippen LogP contribution in [0.4, 0.5) is 0 Å². The molecule has 1 aromatic heterocycles. The third kappa shape index (κ3) is 4.64. The fraction of sp³-hybridized carbons (Fsp3) is 0.316. The molecule has 1 aliphatic rings. The molecule has 1 fully saturated rings. The maximum Gasteiger partial charge on any atom is 0.242 e. The summed E-state index contributed by atoms with van der Waals surface area (Å²) in [7, 11) is 0. The number of amides is 2. The quantitative estimate of drug-likeness (QED) is 0.896. The summed E-state index contributed by atoms with van der Waals surface area (Å²) in [6, 6.07) is 13.2. The molecule has 2 aromatic rings. The number of benzene rings is 1. The standard InChI is InChI=1S/C19H21N3O3/c23-17-12-21(11-16-4-2-1-3-5-16)19(25)14-22(13-17)18(24)10-15-6-8-20-9-7-15/h1-9,17,23H,10-14H2. The lowest BCUT2D eigenvalue weighted by atomic mass is 10.2.